The van der Waals surface area contributed by atoms with Gasteiger partial charge in [0.05, 0.1) is 0 Å². The van der Waals surface area contributed by atoms with Gasteiger partial charge in [0, 0.05) is 5.02 Å². The molecular weight excluding hydrogens is 237 g/mol. The fraction of sp³-hybridized carbons (Fsp3) is 0. The second-order valence-electron chi connectivity index (χ2n) is 3.26. The van der Waals surface area contributed by atoms with E-state index in [1.54, 1.807) is 24.3 Å². The van der Waals surface area contributed by atoms with Gasteiger partial charge in [0.25, 0.3) is 0 Å². The van der Waals surface area contributed by atoms with Crippen LogP contribution in [0.4, 0.5) is 13.2 Å². The Morgan fingerprint density at radius 1 is 0.750 bits per heavy atom. The number of hydrogen-bond acceptors (Lipinski definition) is 0. The summed E-state index contributed by atoms with van der Waals surface area (Å²) >= 11 is 5.68. The first-order valence-corrected chi connectivity index (χ1v) is 4.86. The van der Waals surface area contributed by atoms with Crippen LogP contribution in [0.1, 0.15) is 0 Å². The van der Waals surface area contributed by atoms with Gasteiger partial charge in [0.2, 0.25) is 0 Å². The zero-order valence-corrected chi connectivity index (χ0v) is 8.73. The summed E-state index contributed by atoms with van der Waals surface area (Å²) in [7, 11) is 0. The van der Waals surface area contributed by atoms with E-state index in [1.165, 1.54) is 0 Å². The van der Waals surface area contributed by atoms with Crippen molar-refractivity contribution in [2.24, 2.45) is 0 Å². The quantitative estimate of drug-likeness (QED) is 0.649. The molecule has 2 aromatic rings. The van der Waals surface area contributed by atoms with Crippen molar-refractivity contribution in [3.63, 3.8) is 0 Å². The monoisotopic (exact) mass is 242 g/mol. The second-order valence-corrected chi connectivity index (χ2v) is 3.70. The summed E-state index contributed by atoms with van der Waals surface area (Å²) in [6.07, 6.45) is 0. The van der Waals surface area contributed by atoms with Crippen LogP contribution in [-0.2, 0) is 0 Å². The van der Waals surface area contributed by atoms with Crippen LogP contribution >= 0.6 is 11.6 Å². The summed E-state index contributed by atoms with van der Waals surface area (Å²) < 4.78 is 38.6. The molecule has 0 nitrogen and oxygen atoms in total. The third-order valence-corrected chi connectivity index (χ3v) is 2.41. The predicted octanol–water partition coefficient (Wildman–Crippen LogP) is 4.42. The molecule has 0 radical (unpaired) electrons. The fourth-order valence-corrected chi connectivity index (χ4v) is 1.49. The Kier molecular flexibility index (Phi) is 2.88. The number of rotatable bonds is 1. The lowest BCUT2D eigenvalue weighted by atomic mass is 10.1. The van der Waals surface area contributed by atoms with Crippen LogP contribution in [0, 0.1) is 17.5 Å². The van der Waals surface area contributed by atoms with E-state index in [9.17, 15) is 13.2 Å². The zero-order chi connectivity index (χ0) is 11.7. The highest BCUT2D eigenvalue weighted by atomic mass is 35.5. The van der Waals surface area contributed by atoms with Crippen LogP contribution in [0.15, 0.2) is 36.4 Å². The maximum absolute atomic E-state index is 13.0. The standard InChI is InChI=1S/C12H6ClF3/c13-9-3-1-7(2-4-9)8-5-10(14)12(16)11(15)6-8/h1-6H. The Labute approximate surface area is 95.3 Å². The molecule has 0 bridgehead atoms. The average molecular weight is 243 g/mol. The minimum atomic E-state index is -1.46. The van der Waals surface area contributed by atoms with Gasteiger partial charge in [-0.25, -0.2) is 13.2 Å². The summed E-state index contributed by atoms with van der Waals surface area (Å²) in [6.45, 7) is 0. The van der Waals surface area contributed by atoms with Gasteiger partial charge in [-0.1, -0.05) is 23.7 Å². The Morgan fingerprint density at radius 3 is 1.75 bits per heavy atom. The lowest BCUT2D eigenvalue weighted by Crippen LogP contribution is -1.91. The Balaban J connectivity index is 2.52. The molecule has 16 heavy (non-hydrogen) atoms. The van der Waals surface area contributed by atoms with E-state index in [1.807, 2.05) is 0 Å². The third-order valence-electron chi connectivity index (χ3n) is 2.16. The average Bonchev–Trinajstić information content (AvgIpc) is 2.26. The van der Waals surface area contributed by atoms with Crippen LogP contribution in [0.25, 0.3) is 11.1 Å². The van der Waals surface area contributed by atoms with E-state index < -0.39 is 17.5 Å². The first kappa shape index (κ1) is 11.0. The van der Waals surface area contributed by atoms with Crippen LogP contribution in [0.5, 0.6) is 0 Å². The normalized spacial score (nSPS) is 10.5. The molecule has 0 aliphatic heterocycles. The van der Waals surface area contributed by atoms with Gasteiger partial charge in [-0.2, -0.15) is 0 Å². The number of halogens is 4. The maximum atomic E-state index is 13.0. The second kappa shape index (κ2) is 4.18. The van der Waals surface area contributed by atoms with E-state index >= 15 is 0 Å². The van der Waals surface area contributed by atoms with E-state index in [2.05, 4.69) is 0 Å². The molecule has 0 fully saturated rings. The highest BCUT2D eigenvalue weighted by molar-refractivity contribution is 6.30. The van der Waals surface area contributed by atoms with Crippen LogP contribution in [0.2, 0.25) is 5.02 Å². The van der Waals surface area contributed by atoms with Crippen molar-refractivity contribution in [1.29, 1.82) is 0 Å². The van der Waals surface area contributed by atoms with Gasteiger partial charge in [0.15, 0.2) is 17.5 Å². The largest absolute Gasteiger partial charge is 0.204 e. The molecule has 0 aliphatic carbocycles. The van der Waals surface area contributed by atoms with E-state index in [0.29, 0.717) is 10.6 Å². The van der Waals surface area contributed by atoms with Gasteiger partial charge in [-0.05, 0) is 35.4 Å². The van der Waals surface area contributed by atoms with Crippen molar-refractivity contribution in [2.75, 3.05) is 0 Å². The Morgan fingerprint density at radius 2 is 1.25 bits per heavy atom. The zero-order valence-electron chi connectivity index (χ0n) is 7.98. The number of benzene rings is 2. The van der Waals surface area contributed by atoms with Gasteiger partial charge < -0.3 is 0 Å². The molecule has 2 rings (SSSR count). The minimum absolute atomic E-state index is 0.271. The van der Waals surface area contributed by atoms with Crippen molar-refractivity contribution in [3.8, 4) is 11.1 Å². The summed E-state index contributed by atoms with van der Waals surface area (Å²) in [5.74, 6) is -3.87. The highest BCUT2D eigenvalue weighted by Gasteiger charge is 2.11. The van der Waals surface area contributed by atoms with Crippen LogP contribution < -0.4 is 0 Å². The van der Waals surface area contributed by atoms with E-state index in [-0.39, 0.29) is 5.56 Å². The SMILES string of the molecule is Fc1cc(-c2ccc(Cl)cc2)cc(F)c1F. The molecular formula is C12H6ClF3. The van der Waals surface area contributed by atoms with Crippen molar-refractivity contribution < 1.29 is 13.2 Å². The van der Waals surface area contributed by atoms with Crippen molar-refractivity contribution in [2.45, 2.75) is 0 Å². The van der Waals surface area contributed by atoms with E-state index in [4.69, 9.17) is 11.6 Å². The third kappa shape index (κ3) is 2.04. The highest BCUT2D eigenvalue weighted by Crippen LogP contribution is 2.24. The molecule has 2 aromatic carbocycles. The lowest BCUT2D eigenvalue weighted by Gasteiger charge is -2.03. The predicted molar refractivity (Wildman–Crippen MR) is 56.8 cm³/mol. The molecule has 4 heteroatoms. The van der Waals surface area contributed by atoms with Gasteiger partial charge in [-0.15, -0.1) is 0 Å². The Hall–Kier alpha value is -1.48. The minimum Gasteiger partial charge on any atom is -0.204 e. The van der Waals surface area contributed by atoms with Gasteiger partial charge in [0.1, 0.15) is 0 Å². The van der Waals surface area contributed by atoms with Gasteiger partial charge >= 0.3 is 0 Å². The van der Waals surface area contributed by atoms with Gasteiger partial charge in [-0.3, -0.25) is 0 Å². The smallest absolute Gasteiger partial charge is 0.194 e. The maximum Gasteiger partial charge on any atom is 0.194 e. The lowest BCUT2D eigenvalue weighted by molar-refractivity contribution is 0.448. The summed E-state index contributed by atoms with van der Waals surface area (Å²) in [6, 6.07) is 8.29. The van der Waals surface area contributed by atoms with Crippen molar-refractivity contribution in [3.05, 3.63) is 58.9 Å². The molecule has 0 N–H and O–H groups in total. The van der Waals surface area contributed by atoms with Crippen molar-refractivity contribution >= 4 is 11.6 Å². The molecule has 0 atom stereocenters. The molecule has 0 aromatic heterocycles. The molecule has 0 aliphatic rings. The van der Waals surface area contributed by atoms with Crippen LogP contribution in [-0.4, -0.2) is 0 Å². The Bertz CT molecular complexity index is 497. The molecule has 0 heterocycles. The molecule has 0 amide bonds. The first-order chi connectivity index (χ1) is 7.58. The van der Waals surface area contributed by atoms with E-state index in [0.717, 1.165) is 12.1 Å². The topological polar surface area (TPSA) is 0 Å². The molecule has 0 unspecified atom stereocenters. The summed E-state index contributed by atoms with van der Waals surface area (Å²) in [5, 5.41) is 0.520. The summed E-state index contributed by atoms with van der Waals surface area (Å²) in [4.78, 5) is 0. The first-order valence-electron chi connectivity index (χ1n) is 4.48. The van der Waals surface area contributed by atoms with Crippen molar-refractivity contribution in [1.82, 2.24) is 0 Å². The molecule has 0 saturated carbocycles. The summed E-state index contributed by atoms with van der Waals surface area (Å²) in [5.41, 5.74) is 0.843. The molecule has 82 valence electrons. The molecule has 0 saturated heterocycles. The molecule has 0 spiro atoms. The van der Waals surface area contributed by atoms with Crippen LogP contribution in [0.3, 0.4) is 0 Å². The number of hydrogen-bond donors (Lipinski definition) is 0. The fourth-order valence-electron chi connectivity index (χ4n) is 1.36.